The summed E-state index contributed by atoms with van der Waals surface area (Å²) in [6.07, 6.45) is 5.82. The third kappa shape index (κ3) is 3.03. The molecule has 106 valence electrons. The topological polar surface area (TPSA) is 44.5 Å². The van der Waals surface area contributed by atoms with E-state index in [1.807, 2.05) is 26.0 Å². The molecule has 1 aromatic rings. The summed E-state index contributed by atoms with van der Waals surface area (Å²) in [4.78, 5) is 0. The van der Waals surface area contributed by atoms with E-state index in [1.165, 1.54) is 19.3 Å². The molecule has 1 aromatic carbocycles. The smallest absolute Gasteiger partial charge is 0.166 e. The lowest BCUT2D eigenvalue weighted by Crippen LogP contribution is -2.39. The molecule has 3 nitrogen and oxygen atoms in total. The molecule has 0 radical (unpaired) electrons. The van der Waals surface area contributed by atoms with Crippen LogP contribution in [0.3, 0.4) is 0 Å². The molecule has 3 heteroatoms. The molecular formula is C16H25NO2. The Bertz CT molecular complexity index is 423. The van der Waals surface area contributed by atoms with Crippen molar-refractivity contribution in [3.63, 3.8) is 0 Å². The molecule has 0 heterocycles. The van der Waals surface area contributed by atoms with E-state index in [9.17, 15) is 0 Å². The van der Waals surface area contributed by atoms with E-state index in [0.717, 1.165) is 29.9 Å². The van der Waals surface area contributed by atoms with Gasteiger partial charge in [0.2, 0.25) is 0 Å². The van der Waals surface area contributed by atoms with Gasteiger partial charge in [0, 0.05) is 11.1 Å². The van der Waals surface area contributed by atoms with Gasteiger partial charge in [-0.2, -0.15) is 0 Å². The highest BCUT2D eigenvalue weighted by atomic mass is 16.5. The zero-order valence-corrected chi connectivity index (χ0v) is 12.2. The fraction of sp³-hybridized carbons (Fsp3) is 0.625. The monoisotopic (exact) mass is 263 g/mol. The molecule has 0 amide bonds. The molecule has 2 rings (SSSR count). The second-order valence-corrected chi connectivity index (χ2v) is 5.72. The third-order valence-electron chi connectivity index (χ3n) is 3.83. The first kappa shape index (κ1) is 14.2. The van der Waals surface area contributed by atoms with Crippen LogP contribution in [0.25, 0.3) is 0 Å². The van der Waals surface area contributed by atoms with E-state index in [0.29, 0.717) is 0 Å². The van der Waals surface area contributed by atoms with Gasteiger partial charge in [0.1, 0.15) is 0 Å². The Morgan fingerprint density at radius 2 is 1.84 bits per heavy atom. The summed E-state index contributed by atoms with van der Waals surface area (Å²) in [7, 11) is 1.68. The van der Waals surface area contributed by atoms with Crippen molar-refractivity contribution < 1.29 is 9.47 Å². The van der Waals surface area contributed by atoms with Crippen LogP contribution in [0.1, 0.15) is 51.5 Å². The number of nitrogens with two attached hydrogens (primary N) is 1. The maximum atomic E-state index is 6.64. The van der Waals surface area contributed by atoms with Crippen molar-refractivity contribution in [2.45, 2.75) is 57.6 Å². The SMILES string of the molecule is COc1cccc(C2(N)CCCCC2)c1OC(C)C. The summed E-state index contributed by atoms with van der Waals surface area (Å²) in [6.45, 7) is 4.06. The zero-order chi connectivity index (χ0) is 13.9. The maximum absolute atomic E-state index is 6.64. The number of hydrogen-bond donors (Lipinski definition) is 1. The van der Waals surface area contributed by atoms with E-state index in [2.05, 4.69) is 6.07 Å². The summed E-state index contributed by atoms with van der Waals surface area (Å²) >= 11 is 0. The van der Waals surface area contributed by atoms with Crippen molar-refractivity contribution in [1.82, 2.24) is 0 Å². The average molecular weight is 263 g/mol. The summed E-state index contributed by atoms with van der Waals surface area (Å²) in [6, 6.07) is 6.03. The summed E-state index contributed by atoms with van der Waals surface area (Å²) < 4.78 is 11.4. The minimum atomic E-state index is -0.267. The highest BCUT2D eigenvalue weighted by Crippen LogP contribution is 2.43. The van der Waals surface area contributed by atoms with Gasteiger partial charge in [-0.3, -0.25) is 0 Å². The van der Waals surface area contributed by atoms with E-state index < -0.39 is 0 Å². The first-order chi connectivity index (χ1) is 9.07. The molecule has 2 N–H and O–H groups in total. The van der Waals surface area contributed by atoms with Crippen molar-refractivity contribution in [2.75, 3.05) is 7.11 Å². The molecular weight excluding hydrogens is 238 g/mol. The quantitative estimate of drug-likeness (QED) is 0.902. The first-order valence-corrected chi connectivity index (χ1v) is 7.20. The van der Waals surface area contributed by atoms with E-state index in [1.54, 1.807) is 7.11 Å². The number of hydrogen-bond acceptors (Lipinski definition) is 3. The largest absolute Gasteiger partial charge is 0.493 e. The van der Waals surface area contributed by atoms with Crippen LogP contribution in [0.15, 0.2) is 18.2 Å². The molecule has 0 aliphatic heterocycles. The van der Waals surface area contributed by atoms with E-state index in [-0.39, 0.29) is 11.6 Å². The Labute approximate surface area is 116 Å². The molecule has 0 aromatic heterocycles. The standard InChI is InChI=1S/C16H25NO2/c1-12(2)19-15-13(8-7-9-14(15)18-3)16(17)10-5-4-6-11-16/h7-9,12H,4-6,10-11,17H2,1-3H3. The van der Waals surface area contributed by atoms with Crippen LogP contribution in [-0.2, 0) is 5.54 Å². The molecule has 19 heavy (non-hydrogen) atoms. The predicted octanol–water partition coefficient (Wildman–Crippen LogP) is 3.60. The fourth-order valence-electron chi connectivity index (χ4n) is 2.88. The lowest BCUT2D eigenvalue weighted by Gasteiger charge is -2.35. The Morgan fingerprint density at radius 1 is 1.16 bits per heavy atom. The minimum absolute atomic E-state index is 0.113. The van der Waals surface area contributed by atoms with Gasteiger partial charge >= 0.3 is 0 Å². The van der Waals surface area contributed by atoms with Crippen LogP contribution in [-0.4, -0.2) is 13.2 Å². The van der Waals surface area contributed by atoms with E-state index in [4.69, 9.17) is 15.2 Å². The number of methoxy groups -OCH3 is 1. The Kier molecular flexibility index (Phi) is 4.35. The van der Waals surface area contributed by atoms with Crippen LogP contribution in [0, 0.1) is 0 Å². The first-order valence-electron chi connectivity index (χ1n) is 7.20. The van der Waals surface area contributed by atoms with Crippen molar-refractivity contribution >= 4 is 0 Å². The predicted molar refractivity (Wildman–Crippen MR) is 77.7 cm³/mol. The van der Waals surface area contributed by atoms with Crippen molar-refractivity contribution in [2.24, 2.45) is 5.73 Å². The molecule has 1 aliphatic rings. The molecule has 0 bridgehead atoms. The summed E-state index contributed by atoms with van der Waals surface area (Å²) in [5.41, 5.74) is 7.48. The van der Waals surface area contributed by atoms with Crippen LogP contribution in [0.5, 0.6) is 11.5 Å². The number of benzene rings is 1. The maximum Gasteiger partial charge on any atom is 0.166 e. The highest BCUT2D eigenvalue weighted by Gasteiger charge is 2.33. The number of ether oxygens (including phenoxy) is 2. The summed E-state index contributed by atoms with van der Waals surface area (Å²) in [5.74, 6) is 1.60. The molecule has 0 saturated heterocycles. The van der Waals surface area contributed by atoms with Gasteiger partial charge in [-0.05, 0) is 32.8 Å². The second-order valence-electron chi connectivity index (χ2n) is 5.72. The molecule has 1 aliphatic carbocycles. The van der Waals surface area contributed by atoms with Crippen molar-refractivity contribution in [3.8, 4) is 11.5 Å². The third-order valence-corrected chi connectivity index (χ3v) is 3.83. The van der Waals surface area contributed by atoms with Gasteiger partial charge in [-0.15, -0.1) is 0 Å². The lowest BCUT2D eigenvalue weighted by atomic mass is 9.77. The van der Waals surface area contributed by atoms with Gasteiger partial charge in [-0.1, -0.05) is 31.4 Å². The number of rotatable bonds is 4. The Balaban J connectivity index is 2.42. The van der Waals surface area contributed by atoms with Crippen LogP contribution < -0.4 is 15.2 Å². The van der Waals surface area contributed by atoms with Crippen molar-refractivity contribution in [3.05, 3.63) is 23.8 Å². The fourth-order valence-corrected chi connectivity index (χ4v) is 2.88. The molecule has 1 fully saturated rings. The zero-order valence-electron chi connectivity index (χ0n) is 12.2. The Morgan fingerprint density at radius 3 is 2.42 bits per heavy atom. The van der Waals surface area contributed by atoms with Crippen LogP contribution in [0.4, 0.5) is 0 Å². The Hall–Kier alpha value is -1.22. The second kappa shape index (κ2) is 5.83. The minimum Gasteiger partial charge on any atom is -0.493 e. The highest BCUT2D eigenvalue weighted by molar-refractivity contribution is 5.50. The van der Waals surface area contributed by atoms with Gasteiger partial charge in [0.05, 0.1) is 13.2 Å². The van der Waals surface area contributed by atoms with Crippen LogP contribution >= 0.6 is 0 Å². The lowest BCUT2D eigenvalue weighted by molar-refractivity contribution is 0.214. The molecule has 1 saturated carbocycles. The van der Waals surface area contributed by atoms with Crippen LogP contribution in [0.2, 0.25) is 0 Å². The van der Waals surface area contributed by atoms with Gasteiger partial charge in [0.25, 0.3) is 0 Å². The molecule has 0 spiro atoms. The van der Waals surface area contributed by atoms with Crippen molar-refractivity contribution in [1.29, 1.82) is 0 Å². The van der Waals surface area contributed by atoms with Gasteiger partial charge in [-0.25, -0.2) is 0 Å². The molecule has 0 atom stereocenters. The van der Waals surface area contributed by atoms with E-state index >= 15 is 0 Å². The molecule has 0 unspecified atom stereocenters. The average Bonchev–Trinajstić information content (AvgIpc) is 2.39. The van der Waals surface area contributed by atoms with Gasteiger partial charge in [0.15, 0.2) is 11.5 Å². The normalized spacial score (nSPS) is 18.4. The van der Waals surface area contributed by atoms with Gasteiger partial charge < -0.3 is 15.2 Å². The number of para-hydroxylation sites is 1. The summed E-state index contributed by atoms with van der Waals surface area (Å²) in [5, 5.41) is 0.